The summed E-state index contributed by atoms with van der Waals surface area (Å²) in [5.74, 6) is 2.46. The van der Waals surface area contributed by atoms with Gasteiger partial charge in [-0.2, -0.15) is 0 Å². The van der Waals surface area contributed by atoms with Gasteiger partial charge in [0, 0.05) is 6.54 Å². The standard InChI is InChI=1S/C18H23NO3/c1-20-17-10-5-6-11-18(17)22-15-13-19-12-7-14-21-16-8-3-2-4-9-16/h2-6,8-11,19H,7,12-15H2,1H3. The third-order valence-electron chi connectivity index (χ3n) is 3.12. The van der Waals surface area contributed by atoms with Gasteiger partial charge >= 0.3 is 0 Å². The molecule has 118 valence electrons. The average molecular weight is 301 g/mol. The van der Waals surface area contributed by atoms with Crippen LogP contribution in [0.25, 0.3) is 0 Å². The third kappa shape index (κ3) is 5.66. The van der Waals surface area contributed by atoms with Crippen LogP contribution in [0, 0.1) is 0 Å². The summed E-state index contributed by atoms with van der Waals surface area (Å²) >= 11 is 0. The minimum atomic E-state index is 0.611. The first kappa shape index (κ1) is 16.2. The molecule has 2 rings (SSSR count). The number of hydrogen-bond acceptors (Lipinski definition) is 4. The molecule has 0 aliphatic carbocycles. The van der Waals surface area contributed by atoms with Crippen LogP contribution < -0.4 is 19.5 Å². The van der Waals surface area contributed by atoms with E-state index in [9.17, 15) is 0 Å². The second-order valence-corrected chi connectivity index (χ2v) is 4.76. The maximum Gasteiger partial charge on any atom is 0.161 e. The van der Waals surface area contributed by atoms with E-state index in [4.69, 9.17) is 14.2 Å². The van der Waals surface area contributed by atoms with E-state index >= 15 is 0 Å². The van der Waals surface area contributed by atoms with Crippen molar-refractivity contribution in [2.24, 2.45) is 0 Å². The Morgan fingerprint density at radius 3 is 2.27 bits per heavy atom. The molecule has 0 bridgehead atoms. The quantitative estimate of drug-likeness (QED) is 0.684. The van der Waals surface area contributed by atoms with Crippen molar-refractivity contribution in [3.05, 3.63) is 54.6 Å². The molecule has 0 unspecified atom stereocenters. The van der Waals surface area contributed by atoms with Crippen molar-refractivity contribution in [2.75, 3.05) is 33.4 Å². The highest BCUT2D eigenvalue weighted by molar-refractivity contribution is 5.39. The van der Waals surface area contributed by atoms with Gasteiger partial charge in [-0.25, -0.2) is 0 Å². The van der Waals surface area contributed by atoms with Crippen LogP contribution in [0.2, 0.25) is 0 Å². The fourth-order valence-corrected chi connectivity index (χ4v) is 2.00. The van der Waals surface area contributed by atoms with Crippen molar-refractivity contribution in [2.45, 2.75) is 6.42 Å². The Morgan fingerprint density at radius 1 is 0.773 bits per heavy atom. The highest BCUT2D eigenvalue weighted by Crippen LogP contribution is 2.25. The summed E-state index contributed by atoms with van der Waals surface area (Å²) in [6.45, 7) is 3.02. The summed E-state index contributed by atoms with van der Waals surface area (Å²) in [6.07, 6.45) is 0.962. The van der Waals surface area contributed by atoms with Crippen LogP contribution in [0.15, 0.2) is 54.6 Å². The Bertz CT molecular complexity index is 531. The maximum atomic E-state index is 5.69. The van der Waals surface area contributed by atoms with Gasteiger partial charge in [-0.05, 0) is 37.2 Å². The van der Waals surface area contributed by atoms with E-state index in [0.717, 1.165) is 36.8 Å². The van der Waals surface area contributed by atoms with Gasteiger partial charge in [-0.1, -0.05) is 30.3 Å². The van der Waals surface area contributed by atoms with Crippen LogP contribution in [0.5, 0.6) is 17.2 Å². The molecule has 0 saturated heterocycles. The molecule has 4 nitrogen and oxygen atoms in total. The smallest absolute Gasteiger partial charge is 0.161 e. The zero-order valence-electron chi connectivity index (χ0n) is 13.0. The van der Waals surface area contributed by atoms with Crippen LogP contribution in [0.3, 0.4) is 0 Å². The van der Waals surface area contributed by atoms with Gasteiger partial charge in [0.2, 0.25) is 0 Å². The van der Waals surface area contributed by atoms with Crippen LogP contribution in [0.1, 0.15) is 6.42 Å². The van der Waals surface area contributed by atoms with Gasteiger partial charge in [0.25, 0.3) is 0 Å². The molecule has 0 spiro atoms. The average Bonchev–Trinajstić information content (AvgIpc) is 2.58. The fourth-order valence-electron chi connectivity index (χ4n) is 2.00. The highest BCUT2D eigenvalue weighted by Gasteiger charge is 2.01. The molecular weight excluding hydrogens is 278 g/mol. The first-order chi connectivity index (χ1) is 10.9. The Hall–Kier alpha value is -2.20. The molecule has 0 atom stereocenters. The molecule has 2 aromatic rings. The number of rotatable bonds is 10. The van der Waals surface area contributed by atoms with E-state index in [-0.39, 0.29) is 0 Å². The lowest BCUT2D eigenvalue weighted by atomic mass is 10.3. The zero-order valence-corrected chi connectivity index (χ0v) is 13.0. The lowest BCUT2D eigenvalue weighted by molar-refractivity contribution is 0.284. The normalized spacial score (nSPS) is 10.2. The first-order valence-electron chi connectivity index (χ1n) is 7.54. The van der Waals surface area contributed by atoms with Crippen molar-refractivity contribution in [1.82, 2.24) is 5.32 Å². The van der Waals surface area contributed by atoms with E-state index in [2.05, 4.69) is 5.32 Å². The number of benzene rings is 2. The lowest BCUT2D eigenvalue weighted by Gasteiger charge is -2.11. The predicted molar refractivity (Wildman–Crippen MR) is 87.9 cm³/mol. The summed E-state index contributed by atoms with van der Waals surface area (Å²) in [7, 11) is 1.65. The second-order valence-electron chi connectivity index (χ2n) is 4.76. The fraction of sp³-hybridized carbons (Fsp3) is 0.333. The van der Waals surface area contributed by atoms with E-state index < -0.39 is 0 Å². The van der Waals surface area contributed by atoms with Crippen LogP contribution in [-0.2, 0) is 0 Å². The summed E-state index contributed by atoms with van der Waals surface area (Å²) in [4.78, 5) is 0. The van der Waals surface area contributed by atoms with Gasteiger partial charge < -0.3 is 19.5 Å². The molecule has 0 heterocycles. The molecule has 2 aromatic carbocycles. The largest absolute Gasteiger partial charge is 0.494 e. The molecule has 0 aliphatic heterocycles. The summed E-state index contributed by atoms with van der Waals surface area (Å²) in [5.41, 5.74) is 0. The van der Waals surface area contributed by atoms with Crippen molar-refractivity contribution < 1.29 is 14.2 Å². The van der Waals surface area contributed by atoms with Crippen molar-refractivity contribution in [1.29, 1.82) is 0 Å². The molecule has 0 aromatic heterocycles. The molecule has 0 radical (unpaired) electrons. The van der Waals surface area contributed by atoms with Crippen LogP contribution >= 0.6 is 0 Å². The van der Waals surface area contributed by atoms with Gasteiger partial charge in [-0.15, -0.1) is 0 Å². The van der Waals surface area contributed by atoms with E-state index in [0.29, 0.717) is 13.2 Å². The summed E-state index contributed by atoms with van der Waals surface area (Å²) < 4.78 is 16.5. The Morgan fingerprint density at radius 2 is 1.50 bits per heavy atom. The molecular formula is C18H23NO3. The minimum absolute atomic E-state index is 0.611. The first-order valence-corrected chi connectivity index (χ1v) is 7.54. The Labute approximate surface area is 132 Å². The predicted octanol–water partition coefficient (Wildman–Crippen LogP) is 3.13. The van der Waals surface area contributed by atoms with E-state index in [1.807, 2.05) is 54.6 Å². The third-order valence-corrected chi connectivity index (χ3v) is 3.12. The number of hydrogen-bond donors (Lipinski definition) is 1. The monoisotopic (exact) mass is 301 g/mol. The maximum absolute atomic E-state index is 5.69. The van der Waals surface area contributed by atoms with Gasteiger partial charge in [0.15, 0.2) is 11.5 Å². The molecule has 0 fully saturated rings. The Balaban J connectivity index is 1.51. The number of methoxy groups -OCH3 is 1. The molecule has 4 heteroatoms. The summed E-state index contributed by atoms with van der Waals surface area (Å²) in [5, 5.41) is 3.33. The molecule has 1 N–H and O–H groups in total. The molecule has 0 amide bonds. The van der Waals surface area contributed by atoms with Crippen molar-refractivity contribution >= 4 is 0 Å². The van der Waals surface area contributed by atoms with Gasteiger partial charge in [0.1, 0.15) is 12.4 Å². The topological polar surface area (TPSA) is 39.7 Å². The lowest BCUT2D eigenvalue weighted by Crippen LogP contribution is -2.23. The summed E-state index contributed by atoms with van der Waals surface area (Å²) in [6, 6.07) is 17.5. The highest BCUT2D eigenvalue weighted by atomic mass is 16.5. The number of nitrogens with one attached hydrogen (secondary N) is 1. The molecule has 0 aliphatic rings. The van der Waals surface area contributed by atoms with Crippen LogP contribution in [0.4, 0.5) is 0 Å². The number of para-hydroxylation sites is 3. The Kier molecular flexibility index (Phi) is 7.12. The van der Waals surface area contributed by atoms with Crippen molar-refractivity contribution in [3.8, 4) is 17.2 Å². The molecule has 22 heavy (non-hydrogen) atoms. The van der Waals surface area contributed by atoms with Gasteiger partial charge in [0.05, 0.1) is 13.7 Å². The van der Waals surface area contributed by atoms with Crippen LogP contribution in [-0.4, -0.2) is 33.4 Å². The molecule has 0 saturated carbocycles. The van der Waals surface area contributed by atoms with Gasteiger partial charge in [-0.3, -0.25) is 0 Å². The number of ether oxygens (including phenoxy) is 3. The van der Waals surface area contributed by atoms with E-state index in [1.54, 1.807) is 7.11 Å². The minimum Gasteiger partial charge on any atom is -0.494 e. The SMILES string of the molecule is COc1ccccc1OCCNCCCOc1ccccc1. The van der Waals surface area contributed by atoms with E-state index in [1.165, 1.54) is 0 Å². The van der Waals surface area contributed by atoms with Crippen molar-refractivity contribution in [3.63, 3.8) is 0 Å². The zero-order chi connectivity index (χ0) is 15.5. The second kappa shape index (κ2) is 9.68.